The van der Waals surface area contributed by atoms with E-state index in [0.29, 0.717) is 24.1 Å². The van der Waals surface area contributed by atoms with Crippen LogP contribution in [0.3, 0.4) is 0 Å². The molecule has 1 amide bonds. The van der Waals surface area contributed by atoms with Crippen LogP contribution in [0.2, 0.25) is 0 Å². The number of hydrogen-bond acceptors (Lipinski definition) is 6. The van der Waals surface area contributed by atoms with Crippen molar-refractivity contribution in [3.63, 3.8) is 0 Å². The van der Waals surface area contributed by atoms with Crippen molar-refractivity contribution in [2.45, 2.75) is 12.1 Å². The number of hydrogen-bond donors (Lipinski definition) is 2. The van der Waals surface area contributed by atoms with Gasteiger partial charge in [0.05, 0.1) is 18.9 Å². The number of thioether (sulfide) groups is 1. The first-order valence-corrected chi connectivity index (χ1v) is 9.16. The van der Waals surface area contributed by atoms with Gasteiger partial charge in [-0.2, -0.15) is 0 Å². The minimum absolute atomic E-state index is 0.519. The third-order valence-corrected chi connectivity index (χ3v) is 4.52. The van der Waals surface area contributed by atoms with Crippen LogP contribution < -0.4 is 10.2 Å². The quantitative estimate of drug-likeness (QED) is 0.640. The number of carbonyl (C=O) groups is 1. The molecule has 8 heteroatoms. The molecule has 0 saturated carbocycles. The lowest BCUT2D eigenvalue weighted by Gasteiger charge is -2.28. The Bertz CT molecular complexity index is 778. The maximum absolute atomic E-state index is 10.9. The van der Waals surface area contributed by atoms with Crippen molar-refractivity contribution in [2.24, 2.45) is 0 Å². The van der Waals surface area contributed by atoms with Gasteiger partial charge in [0, 0.05) is 30.4 Å². The zero-order chi connectivity index (χ0) is 17.8. The maximum atomic E-state index is 10.9. The van der Waals surface area contributed by atoms with E-state index in [1.165, 1.54) is 11.8 Å². The van der Waals surface area contributed by atoms with Gasteiger partial charge in [-0.05, 0) is 30.9 Å². The van der Waals surface area contributed by atoms with Crippen LogP contribution in [-0.4, -0.2) is 53.7 Å². The lowest BCUT2D eigenvalue weighted by molar-refractivity contribution is 0.122. The van der Waals surface area contributed by atoms with Crippen LogP contribution in [0.25, 0.3) is 11.3 Å². The SMILES string of the molecule is CSc1nc(-c2cc(NC(=O)O)ccc2C)cc(N2CCOCC2)n1. The lowest BCUT2D eigenvalue weighted by atomic mass is 10.0. The van der Waals surface area contributed by atoms with Gasteiger partial charge in [-0.3, -0.25) is 5.32 Å². The molecule has 1 aromatic heterocycles. The molecule has 0 atom stereocenters. The summed E-state index contributed by atoms with van der Waals surface area (Å²) in [5, 5.41) is 12.0. The summed E-state index contributed by atoms with van der Waals surface area (Å²) in [5.41, 5.74) is 3.21. The Morgan fingerprint density at radius 1 is 1.28 bits per heavy atom. The summed E-state index contributed by atoms with van der Waals surface area (Å²) in [5.74, 6) is 0.869. The first-order valence-electron chi connectivity index (χ1n) is 7.93. The summed E-state index contributed by atoms with van der Waals surface area (Å²) in [6, 6.07) is 7.39. The van der Waals surface area contributed by atoms with Crippen LogP contribution in [0.15, 0.2) is 29.4 Å². The Hall–Kier alpha value is -2.32. The number of nitrogens with zero attached hydrogens (tertiary/aromatic N) is 3. The van der Waals surface area contributed by atoms with Crippen molar-refractivity contribution in [3.05, 3.63) is 29.8 Å². The van der Waals surface area contributed by atoms with Crippen LogP contribution >= 0.6 is 11.8 Å². The first-order chi connectivity index (χ1) is 12.1. The molecule has 0 radical (unpaired) electrons. The molecule has 0 spiro atoms. The summed E-state index contributed by atoms with van der Waals surface area (Å²) in [4.78, 5) is 22.3. The number of ether oxygens (including phenoxy) is 1. The number of nitrogens with one attached hydrogen (secondary N) is 1. The van der Waals surface area contributed by atoms with Gasteiger partial charge in [0.15, 0.2) is 5.16 Å². The number of amides is 1. The van der Waals surface area contributed by atoms with Crippen LogP contribution in [-0.2, 0) is 4.74 Å². The standard InChI is InChI=1S/C17H20N4O3S/c1-11-3-4-12(18-17(22)23)9-13(11)14-10-15(20-16(19-14)25-2)21-5-7-24-8-6-21/h3-4,9-10,18H,5-8H2,1-2H3,(H,22,23). The highest BCUT2D eigenvalue weighted by Crippen LogP contribution is 2.29. The van der Waals surface area contributed by atoms with E-state index < -0.39 is 6.09 Å². The van der Waals surface area contributed by atoms with E-state index >= 15 is 0 Å². The highest BCUT2D eigenvalue weighted by Gasteiger charge is 2.16. The molecule has 7 nitrogen and oxygen atoms in total. The van der Waals surface area contributed by atoms with Crippen molar-refractivity contribution in [1.82, 2.24) is 9.97 Å². The molecular weight excluding hydrogens is 340 g/mol. The van der Waals surface area contributed by atoms with Crippen LogP contribution in [0.5, 0.6) is 0 Å². The number of carboxylic acid groups (broad SMARTS) is 1. The molecule has 1 fully saturated rings. The second-order valence-corrected chi connectivity index (χ2v) is 6.43. The number of rotatable bonds is 4. The molecule has 132 valence electrons. The van der Waals surface area contributed by atoms with Gasteiger partial charge < -0.3 is 14.7 Å². The number of aryl methyl sites for hydroxylation is 1. The Morgan fingerprint density at radius 2 is 2.04 bits per heavy atom. The van der Waals surface area contributed by atoms with E-state index in [4.69, 9.17) is 9.84 Å². The molecular formula is C17H20N4O3S. The first kappa shape index (κ1) is 17.5. The second kappa shape index (κ2) is 7.71. The van der Waals surface area contributed by atoms with E-state index in [1.807, 2.05) is 25.3 Å². The minimum atomic E-state index is -1.09. The van der Waals surface area contributed by atoms with E-state index in [0.717, 1.165) is 35.7 Å². The molecule has 1 aromatic carbocycles. The van der Waals surface area contributed by atoms with E-state index in [9.17, 15) is 4.79 Å². The molecule has 0 aliphatic carbocycles. The third kappa shape index (κ3) is 4.21. The third-order valence-electron chi connectivity index (χ3n) is 3.97. The molecule has 1 saturated heterocycles. The highest BCUT2D eigenvalue weighted by atomic mass is 32.2. The van der Waals surface area contributed by atoms with Gasteiger partial charge in [-0.1, -0.05) is 17.8 Å². The number of aromatic nitrogens is 2. The van der Waals surface area contributed by atoms with Crippen LogP contribution in [0, 0.1) is 6.92 Å². The fourth-order valence-corrected chi connectivity index (χ4v) is 3.07. The molecule has 0 bridgehead atoms. The Balaban J connectivity index is 2.02. The summed E-state index contributed by atoms with van der Waals surface area (Å²) in [6.07, 6.45) is 0.855. The Kier molecular flexibility index (Phi) is 5.40. The Labute approximate surface area is 150 Å². The van der Waals surface area contributed by atoms with Crippen molar-refractivity contribution in [3.8, 4) is 11.3 Å². The smallest absolute Gasteiger partial charge is 0.409 e. The van der Waals surface area contributed by atoms with E-state index in [2.05, 4.69) is 20.2 Å². The van der Waals surface area contributed by atoms with Gasteiger partial charge in [-0.25, -0.2) is 14.8 Å². The molecule has 3 rings (SSSR count). The van der Waals surface area contributed by atoms with Gasteiger partial charge in [0.2, 0.25) is 0 Å². The molecule has 1 aliphatic rings. The van der Waals surface area contributed by atoms with Crippen LogP contribution in [0.1, 0.15) is 5.56 Å². The average molecular weight is 360 g/mol. The fraction of sp³-hybridized carbons (Fsp3) is 0.353. The van der Waals surface area contributed by atoms with Gasteiger partial charge >= 0.3 is 6.09 Å². The zero-order valence-corrected chi connectivity index (χ0v) is 15.0. The van der Waals surface area contributed by atoms with Gasteiger partial charge in [0.25, 0.3) is 0 Å². The van der Waals surface area contributed by atoms with E-state index in [-0.39, 0.29) is 0 Å². The van der Waals surface area contributed by atoms with Crippen LogP contribution in [0.4, 0.5) is 16.3 Å². The van der Waals surface area contributed by atoms with Crippen molar-refractivity contribution in [2.75, 3.05) is 42.8 Å². The molecule has 25 heavy (non-hydrogen) atoms. The summed E-state index contributed by atoms with van der Waals surface area (Å²) in [7, 11) is 0. The molecule has 0 unspecified atom stereocenters. The van der Waals surface area contributed by atoms with Gasteiger partial charge in [0.1, 0.15) is 5.82 Å². The maximum Gasteiger partial charge on any atom is 0.409 e. The Morgan fingerprint density at radius 3 is 2.72 bits per heavy atom. The number of morpholine rings is 1. The summed E-state index contributed by atoms with van der Waals surface area (Å²) < 4.78 is 5.41. The predicted molar refractivity (Wildman–Crippen MR) is 98.7 cm³/mol. The zero-order valence-electron chi connectivity index (χ0n) is 14.2. The van der Waals surface area contributed by atoms with Crippen molar-refractivity contribution < 1.29 is 14.6 Å². The molecule has 2 N–H and O–H groups in total. The van der Waals surface area contributed by atoms with Crippen molar-refractivity contribution in [1.29, 1.82) is 0 Å². The minimum Gasteiger partial charge on any atom is -0.465 e. The number of anilines is 2. The normalized spacial score (nSPS) is 14.4. The number of benzene rings is 1. The topological polar surface area (TPSA) is 87.6 Å². The lowest BCUT2D eigenvalue weighted by Crippen LogP contribution is -2.36. The predicted octanol–water partition coefficient (Wildman–Crippen LogP) is 3.10. The molecule has 2 aromatic rings. The highest BCUT2D eigenvalue weighted by molar-refractivity contribution is 7.98. The van der Waals surface area contributed by atoms with E-state index in [1.54, 1.807) is 12.1 Å². The monoisotopic (exact) mass is 360 g/mol. The second-order valence-electron chi connectivity index (χ2n) is 5.66. The molecule has 2 heterocycles. The van der Waals surface area contributed by atoms with Gasteiger partial charge in [-0.15, -0.1) is 0 Å². The summed E-state index contributed by atoms with van der Waals surface area (Å²) in [6.45, 7) is 4.94. The average Bonchev–Trinajstić information content (AvgIpc) is 2.63. The largest absolute Gasteiger partial charge is 0.465 e. The summed E-state index contributed by atoms with van der Waals surface area (Å²) >= 11 is 1.49. The molecule has 1 aliphatic heterocycles. The fourth-order valence-electron chi connectivity index (χ4n) is 2.70. The van der Waals surface area contributed by atoms with Crippen molar-refractivity contribution >= 4 is 29.4 Å².